The summed E-state index contributed by atoms with van der Waals surface area (Å²) in [6.07, 6.45) is 0. The van der Waals surface area contributed by atoms with Gasteiger partial charge in [-0.1, -0.05) is 6.07 Å². The number of carbonyl (C=O) groups is 2. The summed E-state index contributed by atoms with van der Waals surface area (Å²) in [7, 11) is 0. The molecule has 3 rings (SSSR count). The summed E-state index contributed by atoms with van der Waals surface area (Å²) in [5, 5.41) is 26.2. The molecule has 10 heteroatoms. The number of benzene rings is 2. The van der Waals surface area contributed by atoms with Crippen LogP contribution in [0.3, 0.4) is 0 Å². The fourth-order valence-corrected chi connectivity index (χ4v) is 2.75. The van der Waals surface area contributed by atoms with E-state index < -0.39 is 22.3 Å². The van der Waals surface area contributed by atoms with E-state index in [1.54, 1.807) is 25.1 Å². The molecule has 1 aliphatic rings. The molecule has 1 aliphatic heterocycles. The molecule has 152 valence electrons. The smallest absolute Gasteiger partial charge is 0.313 e. The molecule has 0 saturated carbocycles. The molecule has 0 aliphatic carbocycles. The van der Waals surface area contributed by atoms with Crippen molar-refractivity contribution in [3.05, 3.63) is 57.6 Å². The minimum atomic E-state index is -1.46. The number of hydrogen-bond acceptors (Lipinski definition) is 7. The number of nitrogens with zero attached hydrogens (tertiary/aromatic N) is 1. The summed E-state index contributed by atoms with van der Waals surface area (Å²) < 4.78 is 10.5. The monoisotopic (exact) mass is 401 g/mol. The number of aliphatic hydroxyl groups is 1. The molecule has 10 nitrogen and oxygen atoms in total. The van der Waals surface area contributed by atoms with Crippen molar-refractivity contribution < 1.29 is 29.1 Å². The van der Waals surface area contributed by atoms with Crippen LogP contribution in [0, 0.1) is 17.0 Å². The van der Waals surface area contributed by atoms with Gasteiger partial charge in [0.15, 0.2) is 11.5 Å². The number of fused-ring (bicyclic) bond motifs is 1. The maximum absolute atomic E-state index is 12.1. The highest BCUT2D eigenvalue weighted by molar-refractivity contribution is 6.39. The van der Waals surface area contributed by atoms with E-state index in [-0.39, 0.29) is 24.7 Å². The third-order valence-corrected chi connectivity index (χ3v) is 4.46. The first kappa shape index (κ1) is 20.1. The van der Waals surface area contributed by atoms with Crippen LogP contribution in [0.1, 0.15) is 18.1 Å². The van der Waals surface area contributed by atoms with Crippen molar-refractivity contribution >= 4 is 23.2 Å². The van der Waals surface area contributed by atoms with Gasteiger partial charge < -0.3 is 25.2 Å². The van der Waals surface area contributed by atoms with Crippen molar-refractivity contribution in [1.82, 2.24) is 5.32 Å². The van der Waals surface area contributed by atoms with Crippen LogP contribution in [0.15, 0.2) is 36.4 Å². The summed E-state index contributed by atoms with van der Waals surface area (Å²) >= 11 is 0. The summed E-state index contributed by atoms with van der Waals surface area (Å²) in [5.41, 5.74) is -0.385. The normalized spacial score (nSPS) is 14.0. The highest BCUT2D eigenvalue weighted by Gasteiger charge is 2.28. The molecule has 1 unspecified atom stereocenters. The van der Waals surface area contributed by atoms with E-state index in [9.17, 15) is 24.8 Å². The van der Waals surface area contributed by atoms with Gasteiger partial charge in [-0.2, -0.15) is 0 Å². The predicted molar refractivity (Wildman–Crippen MR) is 102 cm³/mol. The number of anilines is 1. The maximum Gasteiger partial charge on any atom is 0.313 e. The lowest BCUT2D eigenvalue weighted by Crippen LogP contribution is -2.43. The second-order valence-electron chi connectivity index (χ2n) is 6.74. The average molecular weight is 401 g/mol. The number of rotatable bonds is 5. The van der Waals surface area contributed by atoms with Gasteiger partial charge in [0.05, 0.1) is 11.5 Å². The van der Waals surface area contributed by atoms with Gasteiger partial charge in [-0.25, -0.2) is 0 Å². The predicted octanol–water partition coefficient (Wildman–Crippen LogP) is 1.59. The topological polar surface area (TPSA) is 140 Å². The van der Waals surface area contributed by atoms with Crippen LogP contribution in [0.4, 0.5) is 11.4 Å². The number of amides is 2. The lowest BCUT2D eigenvalue weighted by molar-refractivity contribution is -0.384. The van der Waals surface area contributed by atoms with Crippen LogP contribution in [0.2, 0.25) is 0 Å². The summed E-state index contributed by atoms with van der Waals surface area (Å²) in [5.74, 6) is -0.862. The molecule has 0 spiro atoms. The number of nitro benzene ring substituents is 1. The van der Waals surface area contributed by atoms with E-state index in [0.29, 0.717) is 22.6 Å². The summed E-state index contributed by atoms with van der Waals surface area (Å²) in [6, 6.07) is 8.76. The molecule has 1 heterocycles. The van der Waals surface area contributed by atoms with Gasteiger partial charge in [0, 0.05) is 17.8 Å². The highest BCUT2D eigenvalue weighted by atomic mass is 16.7. The Hall–Kier alpha value is -3.66. The van der Waals surface area contributed by atoms with Gasteiger partial charge in [0.1, 0.15) is 5.60 Å². The molecule has 0 fully saturated rings. The van der Waals surface area contributed by atoms with Gasteiger partial charge in [0.2, 0.25) is 6.79 Å². The van der Waals surface area contributed by atoms with Crippen molar-refractivity contribution in [1.29, 1.82) is 0 Å². The molecule has 29 heavy (non-hydrogen) atoms. The number of nitrogens with one attached hydrogen (secondary N) is 2. The third-order valence-electron chi connectivity index (χ3n) is 4.46. The van der Waals surface area contributed by atoms with Gasteiger partial charge in [-0.3, -0.25) is 19.7 Å². The van der Waals surface area contributed by atoms with Crippen LogP contribution in [-0.2, 0) is 15.2 Å². The molecule has 0 saturated heterocycles. The number of carbonyl (C=O) groups excluding carboxylic acids is 2. The zero-order chi connectivity index (χ0) is 21.2. The van der Waals surface area contributed by atoms with Crippen molar-refractivity contribution in [2.45, 2.75) is 19.4 Å². The first-order valence-electron chi connectivity index (χ1n) is 8.64. The molecule has 3 N–H and O–H groups in total. The van der Waals surface area contributed by atoms with Crippen molar-refractivity contribution in [2.75, 3.05) is 18.7 Å². The molecule has 1 atom stereocenters. The van der Waals surface area contributed by atoms with Crippen LogP contribution >= 0.6 is 0 Å². The first-order chi connectivity index (χ1) is 13.7. The molecule has 0 radical (unpaired) electrons. The number of ether oxygens (including phenoxy) is 2. The third kappa shape index (κ3) is 4.43. The lowest BCUT2D eigenvalue weighted by Gasteiger charge is -2.24. The molecule has 0 bridgehead atoms. The van der Waals surface area contributed by atoms with Crippen molar-refractivity contribution in [3.8, 4) is 11.5 Å². The summed E-state index contributed by atoms with van der Waals surface area (Å²) in [4.78, 5) is 34.4. The lowest BCUT2D eigenvalue weighted by atomic mass is 9.95. The Morgan fingerprint density at radius 2 is 1.90 bits per heavy atom. The molecule has 0 aromatic heterocycles. The largest absolute Gasteiger partial charge is 0.454 e. The van der Waals surface area contributed by atoms with E-state index in [1.165, 1.54) is 25.1 Å². The first-order valence-corrected chi connectivity index (χ1v) is 8.64. The van der Waals surface area contributed by atoms with Crippen molar-refractivity contribution in [2.24, 2.45) is 0 Å². The Labute approximate surface area is 165 Å². The quantitative estimate of drug-likeness (QED) is 0.393. The van der Waals surface area contributed by atoms with Crippen LogP contribution in [0.5, 0.6) is 11.5 Å². The Morgan fingerprint density at radius 1 is 1.17 bits per heavy atom. The summed E-state index contributed by atoms with van der Waals surface area (Å²) in [6.45, 7) is 2.94. The van der Waals surface area contributed by atoms with E-state index in [4.69, 9.17) is 9.47 Å². The number of hydrogen-bond donors (Lipinski definition) is 3. The highest BCUT2D eigenvalue weighted by Crippen LogP contribution is 2.35. The zero-order valence-corrected chi connectivity index (χ0v) is 15.7. The van der Waals surface area contributed by atoms with Gasteiger partial charge >= 0.3 is 11.8 Å². The standard InChI is InChI=1S/C19H19N3O7/c1-11-7-13(22(26)27)4-5-14(11)21-18(24)17(23)20-9-19(2,25)12-3-6-15-16(8-12)29-10-28-15/h3-8,25H,9-10H2,1-2H3,(H,20,23)(H,21,24). The van der Waals surface area contributed by atoms with E-state index in [0.717, 1.165) is 0 Å². The van der Waals surface area contributed by atoms with Gasteiger partial charge in [0.25, 0.3) is 5.69 Å². The van der Waals surface area contributed by atoms with Gasteiger partial charge in [-0.15, -0.1) is 0 Å². The molecular weight excluding hydrogens is 382 g/mol. The second-order valence-corrected chi connectivity index (χ2v) is 6.74. The minimum Gasteiger partial charge on any atom is -0.454 e. The number of nitro groups is 1. The molecule has 2 aromatic carbocycles. The van der Waals surface area contributed by atoms with Gasteiger partial charge in [-0.05, 0) is 43.2 Å². The van der Waals surface area contributed by atoms with E-state index in [1.807, 2.05) is 0 Å². The SMILES string of the molecule is Cc1cc([N+](=O)[O-])ccc1NC(=O)C(=O)NCC(C)(O)c1ccc2c(c1)OCO2. The van der Waals surface area contributed by atoms with Crippen molar-refractivity contribution in [3.63, 3.8) is 0 Å². The maximum atomic E-state index is 12.1. The second kappa shape index (κ2) is 7.76. The zero-order valence-electron chi connectivity index (χ0n) is 15.7. The fraction of sp³-hybridized carbons (Fsp3) is 0.263. The number of aryl methyl sites for hydroxylation is 1. The molecular formula is C19H19N3O7. The Morgan fingerprint density at radius 3 is 2.59 bits per heavy atom. The Kier molecular flexibility index (Phi) is 5.37. The van der Waals surface area contributed by atoms with E-state index >= 15 is 0 Å². The van der Waals surface area contributed by atoms with Crippen LogP contribution in [-0.4, -0.2) is 35.2 Å². The minimum absolute atomic E-state index is 0.0971. The Bertz CT molecular complexity index is 988. The van der Waals surface area contributed by atoms with Crippen LogP contribution < -0.4 is 20.1 Å². The average Bonchev–Trinajstić information content (AvgIpc) is 3.15. The molecule has 2 aromatic rings. The van der Waals surface area contributed by atoms with E-state index in [2.05, 4.69) is 10.6 Å². The fourth-order valence-electron chi connectivity index (χ4n) is 2.75. The molecule has 2 amide bonds. The Balaban J connectivity index is 1.61. The number of non-ortho nitro benzene ring substituents is 1. The van der Waals surface area contributed by atoms with Crippen LogP contribution in [0.25, 0.3) is 0 Å².